The van der Waals surface area contributed by atoms with Gasteiger partial charge in [-0.3, -0.25) is 0 Å². The van der Waals surface area contributed by atoms with Gasteiger partial charge in [-0.05, 0) is 30.3 Å². The summed E-state index contributed by atoms with van der Waals surface area (Å²) in [5.41, 5.74) is 3.19. The molecule has 2 N–H and O–H groups in total. The number of hydrogen-bond donors (Lipinski definition) is 2. The van der Waals surface area contributed by atoms with Crippen molar-refractivity contribution in [1.29, 1.82) is 0 Å². The normalized spacial score (nSPS) is 14.2. The zero-order valence-electron chi connectivity index (χ0n) is 16.1. The Kier molecular flexibility index (Phi) is 6.10. The van der Waals surface area contributed by atoms with E-state index >= 15 is 0 Å². The number of carboxylic acids is 1. The van der Waals surface area contributed by atoms with Crippen LogP contribution in [-0.4, -0.2) is 53.6 Å². The molecule has 4 rings (SSSR count). The number of carbonyl (C=O) groups is 1. The lowest BCUT2D eigenvalue weighted by Crippen LogP contribution is -2.37. The molecule has 0 bridgehead atoms. The van der Waals surface area contributed by atoms with Crippen LogP contribution in [-0.2, 0) is 4.74 Å². The van der Waals surface area contributed by atoms with E-state index in [4.69, 9.17) is 20.8 Å². The average Bonchev–Trinajstić information content (AvgIpc) is 3.24. The number of hydrazone groups is 1. The zero-order chi connectivity index (χ0) is 21.8. The summed E-state index contributed by atoms with van der Waals surface area (Å²) in [6.07, 6.45) is 2.49. The quantitative estimate of drug-likeness (QED) is 0.437. The van der Waals surface area contributed by atoms with E-state index < -0.39 is 11.8 Å². The van der Waals surface area contributed by atoms with Crippen molar-refractivity contribution in [2.45, 2.75) is 0 Å². The summed E-state index contributed by atoms with van der Waals surface area (Å²) in [6.45, 7) is 2.10. The van der Waals surface area contributed by atoms with Crippen LogP contribution in [0.5, 0.6) is 0 Å². The number of aromatic nitrogens is 2. The zero-order valence-corrected chi connectivity index (χ0v) is 16.8. The number of carboxylic acid groups (broad SMARTS) is 1. The Bertz CT molecular complexity index is 1130. The SMILES string of the molecule is O=C(O)c1cc(-c2ccc(/C=N\Nc3ncc(F)c(N4CCOCC4)n3)o2)ccc1Cl. The number of anilines is 2. The number of benzene rings is 1. The van der Waals surface area contributed by atoms with E-state index in [1.54, 1.807) is 23.1 Å². The highest BCUT2D eigenvalue weighted by Crippen LogP contribution is 2.26. The Morgan fingerprint density at radius 3 is 2.87 bits per heavy atom. The van der Waals surface area contributed by atoms with Gasteiger partial charge in [0, 0.05) is 18.7 Å². The van der Waals surface area contributed by atoms with E-state index in [0.29, 0.717) is 43.4 Å². The summed E-state index contributed by atoms with van der Waals surface area (Å²) in [6, 6.07) is 7.94. The van der Waals surface area contributed by atoms with E-state index in [2.05, 4.69) is 20.5 Å². The third-order valence-corrected chi connectivity index (χ3v) is 4.83. The second-order valence-corrected chi connectivity index (χ2v) is 6.94. The molecule has 0 aliphatic carbocycles. The largest absolute Gasteiger partial charge is 0.478 e. The van der Waals surface area contributed by atoms with Crippen LogP contribution >= 0.6 is 11.6 Å². The van der Waals surface area contributed by atoms with Gasteiger partial charge in [0.1, 0.15) is 11.5 Å². The lowest BCUT2D eigenvalue weighted by molar-refractivity contribution is 0.0697. The molecule has 3 aromatic rings. The molecule has 11 heteroatoms. The first-order chi connectivity index (χ1) is 15.0. The van der Waals surface area contributed by atoms with Gasteiger partial charge in [-0.2, -0.15) is 10.1 Å². The van der Waals surface area contributed by atoms with Gasteiger partial charge in [0.05, 0.1) is 36.2 Å². The summed E-state index contributed by atoms with van der Waals surface area (Å²) in [5.74, 6) is -0.461. The molecule has 1 saturated heterocycles. The molecule has 0 spiro atoms. The summed E-state index contributed by atoms with van der Waals surface area (Å²) in [4.78, 5) is 21.1. The van der Waals surface area contributed by atoms with Crippen molar-refractivity contribution in [2.24, 2.45) is 5.10 Å². The van der Waals surface area contributed by atoms with Gasteiger partial charge in [0.25, 0.3) is 0 Å². The smallest absolute Gasteiger partial charge is 0.337 e. The molecule has 0 atom stereocenters. The molecule has 1 aliphatic rings. The molecule has 2 aromatic heterocycles. The minimum atomic E-state index is -1.12. The molecular weight excluding hydrogens is 429 g/mol. The van der Waals surface area contributed by atoms with Crippen molar-refractivity contribution in [2.75, 3.05) is 36.6 Å². The highest BCUT2D eigenvalue weighted by molar-refractivity contribution is 6.33. The molecule has 0 saturated carbocycles. The van der Waals surface area contributed by atoms with Crippen molar-refractivity contribution < 1.29 is 23.4 Å². The van der Waals surface area contributed by atoms with Crippen LogP contribution in [0.2, 0.25) is 5.02 Å². The second-order valence-electron chi connectivity index (χ2n) is 6.54. The molecule has 0 unspecified atom stereocenters. The van der Waals surface area contributed by atoms with E-state index in [1.165, 1.54) is 18.3 Å². The molecule has 1 fully saturated rings. The van der Waals surface area contributed by atoms with Gasteiger partial charge in [0.2, 0.25) is 5.95 Å². The van der Waals surface area contributed by atoms with Gasteiger partial charge in [0.15, 0.2) is 11.6 Å². The van der Waals surface area contributed by atoms with Crippen LogP contribution < -0.4 is 10.3 Å². The third-order valence-electron chi connectivity index (χ3n) is 4.50. The predicted molar refractivity (Wildman–Crippen MR) is 112 cm³/mol. The van der Waals surface area contributed by atoms with Crippen molar-refractivity contribution >= 4 is 35.6 Å². The number of furan rings is 1. The van der Waals surface area contributed by atoms with Gasteiger partial charge >= 0.3 is 5.97 Å². The van der Waals surface area contributed by atoms with Gasteiger partial charge < -0.3 is 19.2 Å². The fourth-order valence-electron chi connectivity index (χ4n) is 2.98. The number of nitrogens with one attached hydrogen (secondary N) is 1. The van der Waals surface area contributed by atoms with Gasteiger partial charge in [-0.15, -0.1) is 0 Å². The Morgan fingerprint density at radius 2 is 2.10 bits per heavy atom. The van der Waals surface area contributed by atoms with Crippen molar-refractivity contribution in [3.05, 3.63) is 58.7 Å². The molecular formula is C20H17ClFN5O4. The van der Waals surface area contributed by atoms with Crippen molar-refractivity contribution in [1.82, 2.24) is 9.97 Å². The first-order valence-electron chi connectivity index (χ1n) is 9.28. The number of morpholine rings is 1. The Labute approximate surface area is 181 Å². The van der Waals surface area contributed by atoms with Crippen LogP contribution in [0.15, 0.2) is 46.0 Å². The van der Waals surface area contributed by atoms with Crippen LogP contribution in [0.4, 0.5) is 16.2 Å². The number of rotatable bonds is 6. The highest BCUT2D eigenvalue weighted by Gasteiger charge is 2.18. The van der Waals surface area contributed by atoms with Gasteiger partial charge in [-0.1, -0.05) is 11.6 Å². The fourth-order valence-corrected chi connectivity index (χ4v) is 3.18. The van der Waals surface area contributed by atoms with Crippen LogP contribution in [0.1, 0.15) is 16.1 Å². The fraction of sp³-hybridized carbons (Fsp3) is 0.200. The standard InChI is InChI=1S/C20H17ClFN5O4/c21-15-3-1-12(9-14(15)19(28)29)17-4-2-13(31-17)10-24-26-20-23-11-16(22)18(25-20)27-5-7-30-8-6-27/h1-4,9-11H,5-8H2,(H,28,29)(H,23,25,26)/b24-10-. The van der Waals surface area contributed by atoms with Crippen LogP contribution in [0, 0.1) is 5.82 Å². The molecule has 9 nitrogen and oxygen atoms in total. The first-order valence-corrected chi connectivity index (χ1v) is 9.66. The van der Waals surface area contributed by atoms with Crippen LogP contribution in [0.25, 0.3) is 11.3 Å². The Balaban J connectivity index is 1.45. The number of ether oxygens (including phenoxy) is 1. The monoisotopic (exact) mass is 445 g/mol. The highest BCUT2D eigenvalue weighted by atomic mass is 35.5. The summed E-state index contributed by atoms with van der Waals surface area (Å²) >= 11 is 5.90. The molecule has 1 aliphatic heterocycles. The lowest BCUT2D eigenvalue weighted by Gasteiger charge is -2.27. The number of aromatic carboxylic acids is 1. The molecule has 0 radical (unpaired) electrons. The predicted octanol–water partition coefficient (Wildman–Crippen LogP) is 3.51. The summed E-state index contributed by atoms with van der Waals surface area (Å²) in [5, 5.41) is 13.4. The Hall–Kier alpha value is -3.50. The van der Waals surface area contributed by atoms with Crippen molar-refractivity contribution in [3.63, 3.8) is 0 Å². The molecule has 0 amide bonds. The molecule has 160 valence electrons. The van der Waals surface area contributed by atoms with Crippen LogP contribution in [0.3, 0.4) is 0 Å². The molecule has 31 heavy (non-hydrogen) atoms. The van der Waals surface area contributed by atoms with Gasteiger partial charge in [-0.25, -0.2) is 19.6 Å². The summed E-state index contributed by atoms with van der Waals surface area (Å²) < 4.78 is 25.0. The number of halogens is 2. The van der Waals surface area contributed by atoms with E-state index in [-0.39, 0.29) is 22.4 Å². The minimum Gasteiger partial charge on any atom is -0.478 e. The minimum absolute atomic E-state index is 0.0167. The third kappa shape index (κ3) is 4.81. The maximum atomic E-state index is 14.1. The molecule has 3 heterocycles. The molecule has 1 aromatic carbocycles. The van der Waals surface area contributed by atoms with Crippen molar-refractivity contribution in [3.8, 4) is 11.3 Å². The number of nitrogens with zero attached hydrogens (tertiary/aromatic N) is 4. The van der Waals surface area contributed by atoms with E-state index in [1.807, 2.05) is 0 Å². The average molecular weight is 446 g/mol. The maximum Gasteiger partial charge on any atom is 0.337 e. The Morgan fingerprint density at radius 1 is 1.29 bits per heavy atom. The van der Waals surface area contributed by atoms with E-state index in [9.17, 15) is 14.3 Å². The topological polar surface area (TPSA) is 113 Å². The maximum absolute atomic E-state index is 14.1. The first kappa shape index (κ1) is 20.8. The van der Waals surface area contributed by atoms with E-state index in [0.717, 1.165) is 6.20 Å². The number of hydrogen-bond acceptors (Lipinski definition) is 8. The second kappa shape index (κ2) is 9.11. The lowest BCUT2D eigenvalue weighted by atomic mass is 10.1. The summed E-state index contributed by atoms with van der Waals surface area (Å²) in [7, 11) is 0.